The number of carbonyl (C=O) groups excluding carboxylic acids is 1. The first-order valence-corrected chi connectivity index (χ1v) is 10.3. The lowest BCUT2D eigenvalue weighted by molar-refractivity contribution is 0.0963. The number of aromatic nitrogens is 1. The number of nitrogens with one attached hydrogen (secondary N) is 2. The summed E-state index contributed by atoms with van der Waals surface area (Å²) in [5.41, 5.74) is 1.13. The number of nitrogens with zero attached hydrogens (tertiary/aromatic N) is 4. The van der Waals surface area contributed by atoms with E-state index in [9.17, 15) is 4.79 Å². The van der Waals surface area contributed by atoms with Crippen molar-refractivity contribution in [2.24, 2.45) is 4.99 Å². The zero-order valence-electron chi connectivity index (χ0n) is 17.0. The van der Waals surface area contributed by atoms with Gasteiger partial charge in [0.2, 0.25) is 0 Å². The van der Waals surface area contributed by atoms with Crippen LogP contribution >= 0.6 is 0 Å². The lowest BCUT2D eigenvalue weighted by Crippen LogP contribution is -2.49. The molecule has 0 saturated carbocycles. The van der Waals surface area contributed by atoms with Crippen LogP contribution in [-0.2, 0) is 11.3 Å². The van der Waals surface area contributed by atoms with Crippen molar-refractivity contribution >= 4 is 17.9 Å². The third-order valence-corrected chi connectivity index (χ3v) is 5.28. The summed E-state index contributed by atoms with van der Waals surface area (Å²) >= 11 is 0. The van der Waals surface area contributed by atoms with Gasteiger partial charge in [0, 0.05) is 52.0 Å². The number of aliphatic imine (C=N–C) groups is 1. The van der Waals surface area contributed by atoms with Gasteiger partial charge in [-0.15, -0.1) is 0 Å². The van der Waals surface area contributed by atoms with Crippen LogP contribution in [0.2, 0.25) is 0 Å². The fourth-order valence-electron chi connectivity index (χ4n) is 3.65. The molecule has 8 heteroatoms. The molecule has 0 aliphatic carbocycles. The molecule has 1 aromatic heterocycles. The molecule has 0 atom stereocenters. The summed E-state index contributed by atoms with van der Waals surface area (Å²) in [7, 11) is 1.78. The van der Waals surface area contributed by atoms with E-state index in [0.29, 0.717) is 32.3 Å². The minimum absolute atomic E-state index is 0.215. The van der Waals surface area contributed by atoms with Crippen molar-refractivity contribution in [3.05, 3.63) is 23.9 Å². The standard InChI is InChI=1S/C20H32N6O2/c1-3-28-20(27)26-12-8-17(9-13-26)24-19(21-2)23-15-16-6-7-18(22-14-16)25-10-4-5-11-25/h6-7,14,17H,3-5,8-13,15H2,1-2H3,(H2,21,23,24). The Hall–Kier alpha value is -2.51. The molecule has 3 rings (SSSR count). The molecule has 0 aromatic carbocycles. The molecule has 154 valence electrons. The number of amides is 1. The van der Waals surface area contributed by atoms with Gasteiger partial charge < -0.3 is 25.2 Å². The van der Waals surface area contributed by atoms with Crippen molar-refractivity contribution in [2.75, 3.05) is 44.7 Å². The van der Waals surface area contributed by atoms with Crippen LogP contribution in [-0.4, -0.2) is 67.8 Å². The van der Waals surface area contributed by atoms with Crippen LogP contribution in [0.5, 0.6) is 0 Å². The van der Waals surface area contributed by atoms with E-state index in [1.165, 1.54) is 12.8 Å². The predicted octanol–water partition coefficient (Wildman–Crippen LogP) is 1.97. The van der Waals surface area contributed by atoms with Crippen molar-refractivity contribution < 1.29 is 9.53 Å². The summed E-state index contributed by atoms with van der Waals surface area (Å²) in [4.78, 5) is 24.8. The summed E-state index contributed by atoms with van der Waals surface area (Å²) in [6.45, 7) is 6.55. The van der Waals surface area contributed by atoms with Crippen LogP contribution in [0, 0.1) is 0 Å². The fraction of sp³-hybridized carbons (Fsp3) is 0.650. The van der Waals surface area contributed by atoms with E-state index in [2.05, 4.69) is 37.6 Å². The molecule has 0 unspecified atom stereocenters. The lowest BCUT2D eigenvalue weighted by Gasteiger charge is -2.32. The molecule has 3 heterocycles. The Morgan fingerprint density at radius 3 is 2.61 bits per heavy atom. The molecule has 0 radical (unpaired) electrons. The second-order valence-electron chi connectivity index (χ2n) is 7.25. The summed E-state index contributed by atoms with van der Waals surface area (Å²) in [5, 5.41) is 6.81. The van der Waals surface area contributed by atoms with E-state index >= 15 is 0 Å². The summed E-state index contributed by atoms with van der Waals surface area (Å²) < 4.78 is 5.07. The van der Waals surface area contributed by atoms with E-state index in [-0.39, 0.29) is 6.09 Å². The summed E-state index contributed by atoms with van der Waals surface area (Å²) in [6, 6.07) is 4.52. The average Bonchev–Trinajstić information content (AvgIpc) is 3.27. The van der Waals surface area contributed by atoms with Gasteiger partial charge in [-0.05, 0) is 44.2 Å². The maximum Gasteiger partial charge on any atom is 0.409 e. The molecule has 1 aromatic rings. The molecule has 2 saturated heterocycles. The first kappa shape index (κ1) is 20.2. The minimum atomic E-state index is -0.215. The number of pyridine rings is 1. The molecular formula is C20H32N6O2. The van der Waals surface area contributed by atoms with Crippen molar-refractivity contribution in [1.29, 1.82) is 0 Å². The first-order valence-electron chi connectivity index (χ1n) is 10.3. The van der Waals surface area contributed by atoms with Gasteiger partial charge in [-0.1, -0.05) is 6.07 Å². The Morgan fingerprint density at radius 2 is 2.00 bits per heavy atom. The average molecular weight is 389 g/mol. The zero-order valence-corrected chi connectivity index (χ0v) is 17.0. The Morgan fingerprint density at radius 1 is 1.25 bits per heavy atom. The normalized spacial score (nSPS) is 18.3. The fourth-order valence-corrected chi connectivity index (χ4v) is 3.65. The number of rotatable bonds is 5. The largest absolute Gasteiger partial charge is 0.450 e. The Bertz CT molecular complexity index is 649. The number of likely N-dealkylation sites (tertiary alicyclic amines) is 1. The maximum absolute atomic E-state index is 11.8. The van der Waals surface area contributed by atoms with Crippen molar-refractivity contribution in [1.82, 2.24) is 20.5 Å². The highest BCUT2D eigenvalue weighted by Crippen LogP contribution is 2.17. The monoisotopic (exact) mass is 388 g/mol. The first-order chi connectivity index (χ1) is 13.7. The molecule has 2 aliphatic heterocycles. The number of anilines is 1. The predicted molar refractivity (Wildman–Crippen MR) is 111 cm³/mol. The molecular weight excluding hydrogens is 356 g/mol. The second kappa shape index (κ2) is 10.1. The van der Waals surface area contributed by atoms with Crippen molar-refractivity contribution in [2.45, 2.75) is 45.2 Å². The molecule has 8 nitrogen and oxygen atoms in total. The zero-order chi connectivity index (χ0) is 19.8. The summed E-state index contributed by atoms with van der Waals surface area (Å²) in [5.74, 6) is 1.84. The smallest absolute Gasteiger partial charge is 0.409 e. The van der Waals surface area contributed by atoms with E-state index in [4.69, 9.17) is 4.74 Å². The van der Waals surface area contributed by atoms with E-state index in [1.54, 1.807) is 11.9 Å². The Kier molecular flexibility index (Phi) is 7.33. The van der Waals surface area contributed by atoms with E-state index < -0.39 is 0 Å². The van der Waals surface area contributed by atoms with Crippen molar-refractivity contribution in [3.8, 4) is 0 Å². The molecule has 1 amide bonds. The number of piperidine rings is 1. The highest BCUT2D eigenvalue weighted by molar-refractivity contribution is 5.80. The van der Waals surface area contributed by atoms with Gasteiger partial charge in [0.1, 0.15) is 5.82 Å². The second-order valence-corrected chi connectivity index (χ2v) is 7.25. The molecule has 2 aliphatic rings. The van der Waals surface area contributed by atoms with E-state index in [0.717, 1.165) is 43.3 Å². The highest BCUT2D eigenvalue weighted by atomic mass is 16.6. The number of guanidine groups is 1. The number of hydrogen-bond acceptors (Lipinski definition) is 5. The van der Waals surface area contributed by atoms with Gasteiger partial charge >= 0.3 is 6.09 Å². The molecule has 2 fully saturated rings. The van der Waals surface area contributed by atoms with Gasteiger partial charge in [-0.2, -0.15) is 0 Å². The van der Waals surface area contributed by atoms with Crippen LogP contribution < -0.4 is 15.5 Å². The lowest BCUT2D eigenvalue weighted by atomic mass is 10.1. The molecule has 2 N–H and O–H groups in total. The van der Waals surface area contributed by atoms with Crippen LogP contribution in [0.1, 0.15) is 38.2 Å². The SMILES string of the molecule is CCOC(=O)N1CCC(NC(=NC)NCc2ccc(N3CCCC3)nc2)CC1. The molecule has 0 bridgehead atoms. The number of ether oxygens (including phenoxy) is 1. The third-order valence-electron chi connectivity index (χ3n) is 5.28. The van der Waals surface area contributed by atoms with Gasteiger partial charge in [-0.25, -0.2) is 9.78 Å². The van der Waals surface area contributed by atoms with Gasteiger partial charge in [0.25, 0.3) is 0 Å². The molecule has 0 spiro atoms. The van der Waals surface area contributed by atoms with Crippen LogP contribution in [0.15, 0.2) is 23.3 Å². The Balaban J connectivity index is 1.42. The number of carbonyl (C=O) groups is 1. The maximum atomic E-state index is 11.8. The topological polar surface area (TPSA) is 82.1 Å². The highest BCUT2D eigenvalue weighted by Gasteiger charge is 2.24. The van der Waals surface area contributed by atoms with Gasteiger partial charge in [0.15, 0.2) is 5.96 Å². The third kappa shape index (κ3) is 5.50. The van der Waals surface area contributed by atoms with Gasteiger partial charge in [0.05, 0.1) is 6.61 Å². The number of hydrogen-bond donors (Lipinski definition) is 2. The van der Waals surface area contributed by atoms with Crippen LogP contribution in [0.25, 0.3) is 0 Å². The minimum Gasteiger partial charge on any atom is -0.450 e. The Labute approximate surface area is 167 Å². The van der Waals surface area contributed by atoms with Crippen LogP contribution in [0.3, 0.4) is 0 Å². The quantitative estimate of drug-likeness (QED) is 0.593. The van der Waals surface area contributed by atoms with Gasteiger partial charge in [-0.3, -0.25) is 4.99 Å². The van der Waals surface area contributed by atoms with E-state index in [1.807, 2.05) is 13.1 Å². The molecule has 28 heavy (non-hydrogen) atoms. The summed E-state index contributed by atoms with van der Waals surface area (Å²) in [6.07, 6.45) is 5.99. The van der Waals surface area contributed by atoms with Crippen molar-refractivity contribution in [3.63, 3.8) is 0 Å². The van der Waals surface area contributed by atoms with Crippen LogP contribution in [0.4, 0.5) is 10.6 Å².